The maximum absolute atomic E-state index is 6.25. The molecule has 3 nitrogen and oxygen atoms in total. The molecule has 2 aromatic rings. The number of benzene rings is 2. The quantitative estimate of drug-likeness (QED) is 0.713. The van der Waals surface area contributed by atoms with Gasteiger partial charge in [-0.05, 0) is 35.8 Å². The van der Waals surface area contributed by atoms with Crippen LogP contribution in [0, 0.1) is 0 Å². The van der Waals surface area contributed by atoms with Crippen LogP contribution in [0.25, 0.3) is 0 Å². The monoisotopic (exact) mass is 402 g/mol. The van der Waals surface area contributed by atoms with Crippen molar-refractivity contribution in [2.45, 2.75) is 25.1 Å². The van der Waals surface area contributed by atoms with E-state index in [9.17, 15) is 0 Å². The molecular weight excluding hydrogens is 384 g/mol. The first-order chi connectivity index (χ1) is 11.8. The summed E-state index contributed by atoms with van der Waals surface area (Å²) in [6.45, 7) is 0. The number of thioether (sulfide) groups is 1. The normalized spacial score (nSPS) is 21.8. The predicted molar refractivity (Wildman–Crippen MR) is 104 cm³/mol. The summed E-state index contributed by atoms with van der Waals surface area (Å²) in [5.41, 5.74) is 3.56. The van der Waals surface area contributed by atoms with Gasteiger partial charge in [0.15, 0.2) is 6.23 Å². The van der Waals surface area contributed by atoms with Gasteiger partial charge in [-0.3, -0.25) is 5.01 Å². The summed E-state index contributed by atoms with van der Waals surface area (Å²) in [7, 11) is 0. The molecule has 5 heteroatoms. The summed E-state index contributed by atoms with van der Waals surface area (Å²) in [6, 6.07) is 17.0. The fourth-order valence-electron chi connectivity index (χ4n) is 3.36. The van der Waals surface area contributed by atoms with E-state index in [0.29, 0.717) is 0 Å². The van der Waals surface area contributed by atoms with Crippen LogP contribution in [0.4, 0.5) is 0 Å². The summed E-state index contributed by atoms with van der Waals surface area (Å²) < 4.78 is 7.34. The Balaban J connectivity index is 1.69. The summed E-state index contributed by atoms with van der Waals surface area (Å²) >= 11 is 5.41. The van der Waals surface area contributed by atoms with Crippen molar-refractivity contribution in [1.29, 1.82) is 0 Å². The van der Waals surface area contributed by atoms with Crippen LogP contribution in [0.1, 0.15) is 30.0 Å². The van der Waals surface area contributed by atoms with Crippen LogP contribution in [0.5, 0.6) is 5.75 Å². The van der Waals surface area contributed by atoms with Gasteiger partial charge < -0.3 is 4.74 Å². The van der Waals surface area contributed by atoms with Crippen molar-refractivity contribution in [2.24, 2.45) is 5.10 Å². The Labute approximate surface area is 155 Å². The highest BCUT2D eigenvalue weighted by molar-refractivity contribution is 9.10. The molecule has 0 bridgehead atoms. The van der Waals surface area contributed by atoms with Crippen LogP contribution < -0.4 is 4.74 Å². The average molecular weight is 403 g/mol. The van der Waals surface area contributed by atoms with Crippen LogP contribution in [0.2, 0.25) is 0 Å². The fraction of sp³-hybridized carbons (Fsp3) is 0.316. The van der Waals surface area contributed by atoms with Crippen LogP contribution in [0.3, 0.4) is 0 Å². The van der Waals surface area contributed by atoms with Gasteiger partial charge in [-0.15, -0.1) is 0 Å². The van der Waals surface area contributed by atoms with Crippen LogP contribution >= 0.6 is 27.7 Å². The first-order valence-electron chi connectivity index (χ1n) is 8.12. The summed E-state index contributed by atoms with van der Waals surface area (Å²) in [4.78, 5) is 0. The molecular formula is C19H19BrN2OS. The first kappa shape index (κ1) is 16.0. The molecule has 2 heterocycles. The van der Waals surface area contributed by atoms with Gasteiger partial charge in [-0.25, -0.2) is 0 Å². The lowest BCUT2D eigenvalue weighted by Crippen LogP contribution is -2.40. The minimum absolute atomic E-state index is 0.0157. The molecule has 2 aromatic carbocycles. The van der Waals surface area contributed by atoms with Gasteiger partial charge >= 0.3 is 0 Å². The number of rotatable bonds is 4. The molecule has 2 atom stereocenters. The van der Waals surface area contributed by atoms with Gasteiger partial charge in [0.25, 0.3) is 0 Å². The van der Waals surface area contributed by atoms with Gasteiger partial charge in [0.05, 0.1) is 11.8 Å². The maximum Gasteiger partial charge on any atom is 0.188 e. The molecule has 0 aromatic heterocycles. The van der Waals surface area contributed by atoms with Crippen molar-refractivity contribution in [3.63, 3.8) is 0 Å². The van der Waals surface area contributed by atoms with E-state index >= 15 is 0 Å². The highest BCUT2D eigenvalue weighted by Crippen LogP contribution is 2.43. The molecule has 0 amide bonds. The van der Waals surface area contributed by atoms with Crippen molar-refractivity contribution in [2.75, 3.05) is 12.0 Å². The topological polar surface area (TPSA) is 24.8 Å². The second-order valence-electron chi connectivity index (χ2n) is 6.05. The van der Waals surface area contributed by atoms with E-state index in [1.807, 2.05) is 23.9 Å². The largest absolute Gasteiger partial charge is 0.469 e. The Morgan fingerprint density at radius 3 is 2.96 bits per heavy atom. The van der Waals surface area contributed by atoms with Gasteiger partial charge in [0.1, 0.15) is 5.75 Å². The summed E-state index contributed by atoms with van der Waals surface area (Å²) in [6.07, 6.45) is 4.05. The third-order valence-electron chi connectivity index (χ3n) is 4.51. The fourth-order valence-corrected chi connectivity index (χ4v) is 4.20. The molecule has 2 aliphatic heterocycles. The van der Waals surface area contributed by atoms with E-state index in [2.05, 4.69) is 63.6 Å². The van der Waals surface area contributed by atoms with Crippen LogP contribution in [-0.4, -0.2) is 29.0 Å². The number of fused-ring (bicyclic) bond motifs is 3. The molecule has 0 fully saturated rings. The number of hydrazone groups is 1. The molecule has 124 valence electrons. The van der Waals surface area contributed by atoms with E-state index in [1.54, 1.807) is 0 Å². The van der Waals surface area contributed by atoms with Crippen molar-refractivity contribution in [3.05, 3.63) is 64.1 Å². The zero-order valence-corrected chi connectivity index (χ0v) is 15.9. The molecule has 0 saturated heterocycles. The Morgan fingerprint density at radius 2 is 2.12 bits per heavy atom. The van der Waals surface area contributed by atoms with Gasteiger partial charge in [-0.1, -0.05) is 46.3 Å². The minimum Gasteiger partial charge on any atom is -0.469 e. The van der Waals surface area contributed by atoms with Crippen molar-refractivity contribution in [1.82, 2.24) is 5.01 Å². The van der Waals surface area contributed by atoms with E-state index in [1.165, 1.54) is 11.1 Å². The molecule has 0 unspecified atom stereocenters. The summed E-state index contributed by atoms with van der Waals surface area (Å²) in [5, 5.41) is 7.12. The highest BCUT2D eigenvalue weighted by atomic mass is 79.9. The standard InChI is InChI=1S/C19H19BrN2OS/c1-24-10-9-19-22-17(15-7-2-3-8-18(15)23-19)12-16(21-22)13-5-4-6-14(20)11-13/h2-8,11,17,19H,9-10,12H2,1H3/t17-,19-/m1/s1. The van der Waals surface area contributed by atoms with E-state index in [4.69, 9.17) is 9.84 Å². The SMILES string of the molecule is CSCC[C@H]1Oc2ccccc2[C@H]2CC(c3cccc(Br)c3)=NN21. The number of para-hydroxylation sites is 1. The average Bonchev–Trinajstić information content (AvgIpc) is 3.05. The Hall–Kier alpha value is -1.46. The highest BCUT2D eigenvalue weighted by Gasteiger charge is 2.39. The second-order valence-corrected chi connectivity index (χ2v) is 7.95. The van der Waals surface area contributed by atoms with Crippen molar-refractivity contribution in [3.8, 4) is 5.75 Å². The van der Waals surface area contributed by atoms with E-state index < -0.39 is 0 Å². The third kappa shape index (κ3) is 2.95. The maximum atomic E-state index is 6.25. The van der Waals surface area contributed by atoms with Crippen molar-refractivity contribution >= 4 is 33.4 Å². The van der Waals surface area contributed by atoms with Gasteiger partial charge in [0, 0.05) is 22.9 Å². The minimum atomic E-state index is 0.0157. The van der Waals surface area contributed by atoms with E-state index in [-0.39, 0.29) is 12.3 Å². The van der Waals surface area contributed by atoms with Crippen LogP contribution in [-0.2, 0) is 0 Å². The number of hydrogen-bond donors (Lipinski definition) is 0. The predicted octanol–water partition coefficient (Wildman–Crippen LogP) is 5.07. The van der Waals surface area contributed by atoms with Gasteiger partial charge in [-0.2, -0.15) is 16.9 Å². The molecule has 0 aliphatic carbocycles. The third-order valence-corrected chi connectivity index (χ3v) is 5.64. The Bertz CT molecular complexity index is 779. The lowest BCUT2D eigenvalue weighted by molar-refractivity contribution is -0.0180. The number of halogens is 1. The zero-order valence-electron chi connectivity index (χ0n) is 13.5. The molecule has 4 rings (SSSR count). The lowest BCUT2D eigenvalue weighted by atomic mass is 9.96. The molecule has 0 spiro atoms. The smallest absolute Gasteiger partial charge is 0.188 e. The van der Waals surface area contributed by atoms with Crippen molar-refractivity contribution < 1.29 is 4.74 Å². The second kappa shape index (κ2) is 6.81. The number of nitrogens with zero attached hydrogens (tertiary/aromatic N) is 2. The molecule has 0 saturated carbocycles. The lowest BCUT2D eigenvalue weighted by Gasteiger charge is -2.38. The molecule has 24 heavy (non-hydrogen) atoms. The number of ether oxygens (including phenoxy) is 1. The molecule has 0 N–H and O–H groups in total. The molecule has 2 aliphatic rings. The van der Waals surface area contributed by atoms with Crippen LogP contribution in [0.15, 0.2) is 58.1 Å². The molecule has 0 radical (unpaired) electrons. The van der Waals surface area contributed by atoms with Gasteiger partial charge in [0.2, 0.25) is 0 Å². The Morgan fingerprint density at radius 1 is 1.25 bits per heavy atom. The van der Waals surface area contributed by atoms with E-state index in [0.717, 1.165) is 34.5 Å². The zero-order chi connectivity index (χ0) is 16.5. The number of hydrogen-bond acceptors (Lipinski definition) is 4. The first-order valence-corrected chi connectivity index (χ1v) is 10.3. The summed E-state index contributed by atoms with van der Waals surface area (Å²) in [5.74, 6) is 2.08. The Kier molecular flexibility index (Phi) is 4.55.